The molecule has 1 atom stereocenters. The quantitative estimate of drug-likeness (QED) is 0.746. The van der Waals surface area contributed by atoms with Crippen molar-refractivity contribution >= 4 is 10.9 Å². The van der Waals surface area contributed by atoms with E-state index >= 15 is 0 Å². The van der Waals surface area contributed by atoms with Crippen molar-refractivity contribution in [3.05, 3.63) is 60.0 Å². The molecule has 0 aliphatic rings. The molecule has 4 nitrogen and oxygen atoms in total. The minimum Gasteiger partial charge on any atom is -0.309 e. The number of fused-ring (bicyclic) bond motifs is 1. The van der Waals surface area contributed by atoms with Crippen molar-refractivity contribution in [1.82, 2.24) is 20.5 Å². The van der Waals surface area contributed by atoms with Crippen LogP contribution in [-0.4, -0.2) is 21.7 Å². The Hall–Kier alpha value is -2.20. The highest BCUT2D eigenvalue weighted by Crippen LogP contribution is 2.16. The molecule has 3 rings (SSSR count). The topological polar surface area (TPSA) is 53.6 Å². The van der Waals surface area contributed by atoms with Crippen LogP contribution in [0.25, 0.3) is 10.9 Å². The van der Waals surface area contributed by atoms with E-state index in [-0.39, 0.29) is 6.04 Å². The highest BCUT2D eigenvalue weighted by Gasteiger charge is 2.06. The molecule has 2 aromatic heterocycles. The first-order chi connectivity index (χ1) is 9.84. The Morgan fingerprint density at radius 3 is 2.90 bits per heavy atom. The summed E-state index contributed by atoms with van der Waals surface area (Å²) in [4.78, 5) is 4.48. The molecule has 0 saturated carbocycles. The number of aromatic amines is 1. The number of benzene rings is 1. The second kappa shape index (κ2) is 5.84. The van der Waals surface area contributed by atoms with E-state index in [0.717, 1.165) is 24.2 Å². The van der Waals surface area contributed by atoms with Crippen LogP contribution in [0.1, 0.15) is 24.2 Å². The molecule has 0 fully saturated rings. The molecule has 102 valence electrons. The number of H-pyrrole nitrogens is 1. The van der Waals surface area contributed by atoms with Crippen LogP contribution in [0.3, 0.4) is 0 Å². The van der Waals surface area contributed by atoms with Gasteiger partial charge in [-0.25, -0.2) is 0 Å². The van der Waals surface area contributed by atoms with E-state index in [2.05, 4.69) is 51.7 Å². The van der Waals surface area contributed by atoms with Gasteiger partial charge in [0, 0.05) is 23.8 Å². The molecule has 0 spiro atoms. The largest absolute Gasteiger partial charge is 0.309 e. The molecule has 2 N–H and O–H groups in total. The third kappa shape index (κ3) is 2.70. The Morgan fingerprint density at radius 1 is 1.15 bits per heavy atom. The van der Waals surface area contributed by atoms with Crippen LogP contribution >= 0.6 is 0 Å². The van der Waals surface area contributed by atoms with Crippen LogP contribution in [0.4, 0.5) is 0 Å². The average molecular weight is 266 g/mol. The Bertz CT molecular complexity index is 671. The molecule has 0 amide bonds. The molecule has 0 radical (unpaired) electrons. The minimum absolute atomic E-state index is 0.278. The van der Waals surface area contributed by atoms with Crippen molar-refractivity contribution < 1.29 is 0 Å². The van der Waals surface area contributed by atoms with Gasteiger partial charge in [0.05, 0.1) is 11.2 Å². The summed E-state index contributed by atoms with van der Waals surface area (Å²) in [5, 5.41) is 11.7. The molecule has 3 aromatic rings. The summed E-state index contributed by atoms with van der Waals surface area (Å²) in [6, 6.07) is 12.7. The van der Waals surface area contributed by atoms with Gasteiger partial charge in [-0.05, 0) is 37.6 Å². The number of pyridine rings is 1. The van der Waals surface area contributed by atoms with Gasteiger partial charge in [0.15, 0.2) is 0 Å². The first-order valence-corrected chi connectivity index (χ1v) is 6.90. The van der Waals surface area contributed by atoms with Crippen molar-refractivity contribution in [2.24, 2.45) is 0 Å². The molecule has 0 bridgehead atoms. The van der Waals surface area contributed by atoms with E-state index in [4.69, 9.17) is 0 Å². The fourth-order valence-corrected chi connectivity index (χ4v) is 2.41. The van der Waals surface area contributed by atoms with Crippen LogP contribution in [0, 0.1) is 0 Å². The SMILES string of the molecule is CC(NCCc1cccc2cccnc12)c1ccn[nH]1. The maximum absolute atomic E-state index is 4.48. The van der Waals surface area contributed by atoms with Crippen LogP contribution < -0.4 is 5.32 Å². The highest BCUT2D eigenvalue weighted by atomic mass is 15.1. The standard InChI is InChI=1S/C16H18N4/c1-12(15-8-11-19-20-15)17-10-7-14-5-2-4-13-6-3-9-18-16(13)14/h2-6,8-9,11-12,17H,7,10H2,1H3,(H,19,20). The number of aromatic nitrogens is 3. The lowest BCUT2D eigenvalue weighted by Gasteiger charge is -2.12. The van der Waals surface area contributed by atoms with E-state index in [1.807, 2.05) is 18.3 Å². The molecule has 20 heavy (non-hydrogen) atoms. The van der Waals surface area contributed by atoms with Crippen LogP contribution in [0.5, 0.6) is 0 Å². The summed E-state index contributed by atoms with van der Waals surface area (Å²) in [6.45, 7) is 3.05. The molecule has 0 saturated heterocycles. The van der Waals surface area contributed by atoms with Gasteiger partial charge in [-0.2, -0.15) is 5.10 Å². The highest BCUT2D eigenvalue weighted by molar-refractivity contribution is 5.81. The normalized spacial score (nSPS) is 12.7. The van der Waals surface area contributed by atoms with Crippen molar-refractivity contribution in [2.75, 3.05) is 6.54 Å². The van der Waals surface area contributed by atoms with Gasteiger partial charge in [0.2, 0.25) is 0 Å². The molecule has 0 aliphatic heterocycles. The monoisotopic (exact) mass is 266 g/mol. The molecular weight excluding hydrogens is 248 g/mol. The summed E-state index contributed by atoms with van der Waals surface area (Å²) in [5.41, 5.74) is 3.50. The number of hydrogen-bond donors (Lipinski definition) is 2. The first kappa shape index (κ1) is 12.8. The second-order valence-corrected chi connectivity index (χ2v) is 4.93. The number of hydrogen-bond acceptors (Lipinski definition) is 3. The number of rotatable bonds is 5. The predicted molar refractivity (Wildman–Crippen MR) is 80.5 cm³/mol. The van der Waals surface area contributed by atoms with Gasteiger partial charge in [-0.1, -0.05) is 24.3 Å². The van der Waals surface area contributed by atoms with Gasteiger partial charge in [0.1, 0.15) is 0 Å². The Kier molecular flexibility index (Phi) is 3.74. The minimum atomic E-state index is 0.278. The average Bonchev–Trinajstić information content (AvgIpc) is 3.02. The van der Waals surface area contributed by atoms with Gasteiger partial charge in [0.25, 0.3) is 0 Å². The van der Waals surface area contributed by atoms with Crippen LogP contribution in [0.2, 0.25) is 0 Å². The van der Waals surface area contributed by atoms with E-state index < -0.39 is 0 Å². The maximum Gasteiger partial charge on any atom is 0.0734 e. The third-order valence-corrected chi connectivity index (χ3v) is 3.55. The van der Waals surface area contributed by atoms with Crippen LogP contribution in [-0.2, 0) is 6.42 Å². The van der Waals surface area contributed by atoms with Gasteiger partial charge in [-0.15, -0.1) is 0 Å². The fourth-order valence-electron chi connectivity index (χ4n) is 2.41. The molecule has 2 heterocycles. The summed E-state index contributed by atoms with van der Waals surface area (Å²) in [7, 11) is 0. The Balaban J connectivity index is 1.66. The fraction of sp³-hybridized carbons (Fsp3) is 0.250. The Morgan fingerprint density at radius 2 is 2.05 bits per heavy atom. The maximum atomic E-state index is 4.48. The first-order valence-electron chi connectivity index (χ1n) is 6.90. The van der Waals surface area contributed by atoms with Crippen molar-refractivity contribution in [2.45, 2.75) is 19.4 Å². The molecular formula is C16H18N4. The smallest absolute Gasteiger partial charge is 0.0734 e. The molecule has 1 unspecified atom stereocenters. The van der Waals surface area contributed by atoms with Gasteiger partial charge >= 0.3 is 0 Å². The van der Waals surface area contributed by atoms with E-state index in [0.29, 0.717) is 0 Å². The van der Waals surface area contributed by atoms with Gasteiger partial charge in [-0.3, -0.25) is 10.1 Å². The number of nitrogens with one attached hydrogen (secondary N) is 2. The van der Waals surface area contributed by atoms with Gasteiger partial charge < -0.3 is 5.32 Å². The second-order valence-electron chi connectivity index (χ2n) is 4.93. The van der Waals surface area contributed by atoms with Crippen molar-refractivity contribution in [1.29, 1.82) is 0 Å². The van der Waals surface area contributed by atoms with Crippen LogP contribution in [0.15, 0.2) is 48.8 Å². The van der Waals surface area contributed by atoms with E-state index in [9.17, 15) is 0 Å². The lowest BCUT2D eigenvalue weighted by Crippen LogP contribution is -2.21. The zero-order valence-corrected chi connectivity index (χ0v) is 11.5. The summed E-state index contributed by atoms with van der Waals surface area (Å²) in [6.07, 6.45) is 4.60. The van der Waals surface area contributed by atoms with E-state index in [1.165, 1.54) is 10.9 Å². The zero-order valence-electron chi connectivity index (χ0n) is 11.5. The molecule has 1 aromatic carbocycles. The lowest BCUT2D eigenvalue weighted by atomic mass is 10.1. The number of para-hydroxylation sites is 1. The summed E-state index contributed by atoms with van der Waals surface area (Å²) in [5.74, 6) is 0. The molecule has 4 heteroatoms. The zero-order chi connectivity index (χ0) is 13.8. The predicted octanol–water partition coefficient (Wildman–Crippen LogP) is 2.85. The molecule has 0 aliphatic carbocycles. The summed E-state index contributed by atoms with van der Waals surface area (Å²) >= 11 is 0. The third-order valence-electron chi connectivity index (χ3n) is 3.55. The summed E-state index contributed by atoms with van der Waals surface area (Å²) < 4.78 is 0. The van der Waals surface area contributed by atoms with E-state index in [1.54, 1.807) is 6.20 Å². The van der Waals surface area contributed by atoms with Crippen molar-refractivity contribution in [3.63, 3.8) is 0 Å². The van der Waals surface area contributed by atoms with Crippen molar-refractivity contribution in [3.8, 4) is 0 Å². The Labute approximate surface area is 118 Å². The lowest BCUT2D eigenvalue weighted by molar-refractivity contribution is 0.563. The number of nitrogens with zero attached hydrogens (tertiary/aromatic N) is 2.